The molecule has 0 amide bonds. The van der Waals surface area contributed by atoms with Crippen molar-refractivity contribution < 1.29 is 38.4 Å². The highest BCUT2D eigenvalue weighted by Gasteiger charge is 1.94. The first-order valence-corrected chi connectivity index (χ1v) is 4.62. The molecule has 4 heteroatoms. The van der Waals surface area contributed by atoms with E-state index in [2.05, 4.69) is 0 Å². The highest BCUT2D eigenvalue weighted by molar-refractivity contribution is 5.81. The molecule has 1 heterocycles. The van der Waals surface area contributed by atoms with Crippen LogP contribution in [0.25, 0.3) is 6.08 Å². The fourth-order valence-electron chi connectivity index (χ4n) is 1.18. The molecule has 86 valence electrons. The number of allylic oxidation sites excluding steroid dienone is 2. The third-order valence-electron chi connectivity index (χ3n) is 1.85. The van der Waals surface area contributed by atoms with Crippen molar-refractivity contribution in [2.75, 3.05) is 0 Å². The molecule has 0 saturated carbocycles. The first-order valence-electron chi connectivity index (χ1n) is 4.62. The molecule has 0 saturated heterocycles. The number of carboxylic acid groups (broad SMARTS) is 1. The van der Waals surface area contributed by atoms with Gasteiger partial charge in [0, 0.05) is 17.7 Å². The maximum absolute atomic E-state index is 10.4. The summed E-state index contributed by atoms with van der Waals surface area (Å²) < 4.78 is 1.94. The Morgan fingerprint density at radius 3 is 2.75 bits per heavy atom. The zero-order chi connectivity index (χ0) is 11.3. The van der Waals surface area contributed by atoms with E-state index in [-0.39, 0.29) is 24.0 Å². The summed E-state index contributed by atoms with van der Waals surface area (Å²) >= 11 is 0. The van der Waals surface area contributed by atoms with E-state index in [9.17, 15) is 4.79 Å². The minimum absolute atomic E-state index is 0. The van der Waals surface area contributed by atoms with E-state index in [1.165, 1.54) is 6.08 Å². The molecule has 3 nitrogen and oxygen atoms in total. The molecular weight excluding hydrogens is 317 g/mol. The molecule has 1 aromatic rings. The van der Waals surface area contributed by atoms with Crippen LogP contribution in [0.4, 0.5) is 0 Å². The molecule has 0 radical (unpaired) electrons. The first kappa shape index (κ1) is 14.8. The van der Waals surface area contributed by atoms with Gasteiger partial charge in [-0.15, -0.1) is 0 Å². The highest BCUT2D eigenvalue weighted by Crippen LogP contribution is 2.02. The second-order valence-corrected chi connectivity index (χ2v) is 3.36. The number of carbonyl (C=O) groups is 1. The van der Waals surface area contributed by atoms with E-state index in [1.807, 2.05) is 42.2 Å². The van der Waals surface area contributed by atoms with Crippen molar-refractivity contribution >= 4 is 12.0 Å². The van der Waals surface area contributed by atoms with Gasteiger partial charge in [0.1, 0.15) is 7.05 Å². The number of carboxylic acids is 1. The summed E-state index contributed by atoms with van der Waals surface area (Å²) in [5.41, 5.74) is 1.76. The Labute approximate surface area is 112 Å². The second kappa shape index (κ2) is 7.16. The van der Waals surface area contributed by atoms with Crippen molar-refractivity contribution in [3.8, 4) is 0 Å². The van der Waals surface area contributed by atoms with Gasteiger partial charge in [0.2, 0.25) is 0 Å². The van der Waals surface area contributed by atoms with E-state index >= 15 is 0 Å². The normalized spacial score (nSPS) is 11.2. The SMILES string of the molecule is CC(=C/C(=O)O)/C=C/c1ccc[n+](C)c1.[I-]. The Morgan fingerprint density at radius 2 is 2.19 bits per heavy atom. The monoisotopic (exact) mass is 331 g/mol. The largest absolute Gasteiger partial charge is 1.00 e. The van der Waals surface area contributed by atoms with E-state index in [1.54, 1.807) is 13.0 Å². The maximum Gasteiger partial charge on any atom is 0.328 e. The standard InChI is InChI=1S/C12H13NO2.HI/c1-10(8-12(14)15)5-6-11-4-3-7-13(2)9-11;/h3-9H,1-2H3;1H/b6-5+,10-8-;. The molecule has 0 aliphatic rings. The van der Waals surface area contributed by atoms with Gasteiger partial charge in [0.25, 0.3) is 0 Å². The summed E-state index contributed by atoms with van der Waals surface area (Å²) in [6.45, 7) is 1.76. The molecule has 0 atom stereocenters. The van der Waals surface area contributed by atoms with Crippen LogP contribution in [0.1, 0.15) is 12.5 Å². The number of rotatable bonds is 3. The smallest absolute Gasteiger partial charge is 0.328 e. The number of nitrogens with zero attached hydrogens (tertiary/aromatic N) is 1. The van der Waals surface area contributed by atoms with Crippen LogP contribution in [0.2, 0.25) is 0 Å². The number of pyridine rings is 1. The predicted octanol–water partition coefficient (Wildman–Crippen LogP) is -1.44. The van der Waals surface area contributed by atoms with Crippen LogP contribution in [0.5, 0.6) is 0 Å². The molecule has 0 aromatic carbocycles. The molecular formula is C12H14INO2. The van der Waals surface area contributed by atoms with Crippen LogP contribution in [-0.2, 0) is 11.8 Å². The third-order valence-corrected chi connectivity index (χ3v) is 1.85. The second-order valence-electron chi connectivity index (χ2n) is 3.36. The average molecular weight is 331 g/mol. The van der Waals surface area contributed by atoms with Gasteiger partial charge in [-0.2, -0.15) is 0 Å². The Balaban J connectivity index is 0.00000225. The van der Waals surface area contributed by atoms with Crippen molar-refractivity contribution in [1.29, 1.82) is 0 Å². The van der Waals surface area contributed by atoms with Crippen LogP contribution < -0.4 is 28.5 Å². The lowest BCUT2D eigenvalue weighted by molar-refractivity contribution is -0.671. The minimum Gasteiger partial charge on any atom is -1.00 e. The molecule has 16 heavy (non-hydrogen) atoms. The fraction of sp³-hybridized carbons (Fsp3) is 0.167. The van der Waals surface area contributed by atoms with Gasteiger partial charge in [-0.05, 0) is 24.6 Å². The van der Waals surface area contributed by atoms with Crippen molar-refractivity contribution in [2.24, 2.45) is 7.05 Å². The summed E-state index contributed by atoms with van der Waals surface area (Å²) in [6, 6.07) is 3.90. The van der Waals surface area contributed by atoms with Crippen molar-refractivity contribution in [1.82, 2.24) is 0 Å². The third kappa shape index (κ3) is 5.65. The summed E-state index contributed by atoms with van der Waals surface area (Å²) in [5.74, 6) is -0.921. The van der Waals surface area contributed by atoms with Crippen LogP contribution in [0, 0.1) is 0 Å². The number of hydrogen-bond donors (Lipinski definition) is 1. The van der Waals surface area contributed by atoms with Gasteiger partial charge in [0.05, 0.1) is 0 Å². The van der Waals surface area contributed by atoms with Crippen LogP contribution in [0.15, 0.2) is 42.3 Å². The van der Waals surface area contributed by atoms with Gasteiger partial charge in [-0.1, -0.05) is 6.08 Å². The topological polar surface area (TPSA) is 41.2 Å². The van der Waals surface area contributed by atoms with Gasteiger partial charge in [-0.3, -0.25) is 0 Å². The summed E-state index contributed by atoms with van der Waals surface area (Å²) in [7, 11) is 1.94. The molecule has 1 N–H and O–H groups in total. The van der Waals surface area contributed by atoms with Crippen molar-refractivity contribution in [2.45, 2.75) is 6.92 Å². The molecule has 0 fully saturated rings. The van der Waals surface area contributed by atoms with Gasteiger partial charge in [0.15, 0.2) is 12.4 Å². The number of hydrogen-bond acceptors (Lipinski definition) is 1. The molecule has 1 aromatic heterocycles. The molecule has 0 aliphatic carbocycles. The molecule has 0 unspecified atom stereocenters. The summed E-state index contributed by atoms with van der Waals surface area (Å²) in [5, 5.41) is 8.51. The number of halogens is 1. The van der Waals surface area contributed by atoms with E-state index in [0.717, 1.165) is 5.56 Å². The number of aliphatic carboxylic acids is 1. The van der Waals surface area contributed by atoms with Crippen molar-refractivity contribution in [3.05, 3.63) is 47.8 Å². The lowest BCUT2D eigenvalue weighted by Gasteiger charge is -1.91. The lowest BCUT2D eigenvalue weighted by atomic mass is 10.2. The summed E-state index contributed by atoms with van der Waals surface area (Å²) in [6.07, 6.45) is 8.75. The first-order chi connectivity index (χ1) is 7.08. The molecule has 1 rings (SSSR count). The van der Waals surface area contributed by atoms with E-state index in [0.29, 0.717) is 5.57 Å². The minimum atomic E-state index is -0.921. The Kier molecular flexibility index (Phi) is 6.64. The van der Waals surface area contributed by atoms with E-state index < -0.39 is 5.97 Å². The summed E-state index contributed by atoms with van der Waals surface area (Å²) in [4.78, 5) is 10.4. The fourth-order valence-corrected chi connectivity index (χ4v) is 1.18. The molecule has 0 aliphatic heterocycles. The molecule has 0 bridgehead atoms. The number of aryl methyl sites for hydroxylation is 1. The van der Waals surface area contributed by atoms with Crippen LogP contribution in [0.3, 0.4) is 0 Å². The van der Waals surface area contributed by atoms with Gasteiger partial charge >= 0.3 is 5.97 Å². The van der Waals surface area contributed by atoms with Gasteiger partial charge in [-0.25, -0.2) is 9.36 Å². The maximum atomic E-state index is 10.4. The zero-order valence-corrected chi connectivity index (χ0v) is 11.4. The van der Waals surface area contributed by atoms with Crippen LogP contribution >= 0.6 is 0 Å². The highest BCUT2D eigenvalue weighted by atomic mass is 127. The quantitative estimate of drug-likeness (QED) is 0.319. The Hall–Kier alpha value is -1.17. The Bertz CT molecular complexity index is 425. The zero-order valence-electron chi connectivity index (χ0n) is 9.22. The van der Waals surface area contributed by atoms with Crippen LogP contribution in [-0.4, -0.2) is 11.1 Å². The molecule has 0 spiro atoms. The lowest BCUT2D eigenvalue weighted by Crippen LogP contribution is -3.00. The predicted molar refractivity (Wildman–Crippen MR) is 58.0 cm³/mol. The van der Waals surface area contributed by atoms with Crippen molar-refractivity contribution in [3.63, 3.8) is 0 Å². The van der Waals surface area contributed by atoms with E-state index in [4.69, 9.17) is 5.11 Å². The van der Waals surface area contributed by atoms with Gasteiger partial charge < -0.3 is 29.1 Å². The Morgan fingerprint density at radius 1 is 1.50 bits per heavy atom. The average Bonchev–Trinajstić information content (AvgIpc) is 2.14. The number of aromatic nitrogens is 1.